The van der Waals surface area contributed by atoms with Gasteiger partial charge in [-0.25, -0.2) is 0 Å². The first-order valence-electron chi connectivity index (χ1n) is 6.85. The molecule has 0 spiro atoms. The van der Waals surface area contributed by atoms with Crippen molar-refractivity contribution in [2.75, 3.05) is 7.11 Å². The second kappa shape index (κ2) is 6.36. The number of rotatable bonds is 5. The molecule has 5 heteroatoms. The number of amides is 1. The summed E-state index contributed by atoms with van der Waals surface area (Å²) in [7, 11) is 1.66. The van der Waals surface area contributed by atoms with Gasteiger partial charge in [0.05, 0.1) is 15.6 Å². The van der Waals surface area contributed by atoms with Crippen LogP contribution >= 0.6 is 33.9 Å². The third-order valence-electron chi connectivity index (χ3n) is 3.57. The Balaban J connectivity index is 1.76. The average Bonchev–Trinajstić information content (AvgIpc) is 3.26. The number of nitrogens with zero attached hydrogens (tertiary/aromatic N) is 1. The van der Waals surface area contributed by atoms with Crippen LogP contribution in [0.4, 0.5) is 0 Å². The van der Waals surface area contributed by atoms with E-state index < -0.39 is 0 Å². The van der Waals surface area contributed by atoms with Gasteiger partial charge in [0.25, 0.3) is 5.91 Å². The lowest BCUT2D eigenvalue weighted by Gasteiger charge is -2.22. The maximum atomic E-state index is 12.7. The van der Waals surface area contributed by atoms with Gasteiger partial charge in [-0.05, 0) is 59.2 Å². The number of benzene rings is 1. The molecular formula is C16H16INO2S. The van der Waals surface area contributed by atoms with E-state index in [-0.39, 0.29) is 5.91 Å². The van der Waals surface area contributed by atoms with Crippen molar-refractivity contribution in [3.63, 3.8) is 0 Å². The number of carbonyl (C=O) groups excluding carboxylic acids is 1. The summed E-state index contributed by atoms with van der Waals surface area (Å²) in [5.41, 5.74) is 1.95. The lowest BCUT2D eigenvalue weighted by Crippen LogP contribution is -2.32. The molecular weight excluding hydrogens is 397 g/mol. The summed E-state index contributed by atoms with van der Waals surface area (Å²) in [4.78, 5) is 14.7. The molecule has 0 atom stereocenters. The lowest BCUT2D eigenvalue weighted by molar-refractivity contribution is 0.0730. The smallest absolute Gasteiger partial charge is 0.255 e. The second-order valence-electron chi connectivity index (χ2n) is 5.15. The Morgan fingerprint density at radius 3 is 2.62 bits per heavy atom. The molecule has 0 aliphatic heterocycles. The Morgan fingerprint density at radius 2 is 2.10 bits per heavy atom. The van der Waals surface area contributed by atoms with E-state index in [0.29, 0.717) is 12.6 Å². The number of halogens is 1. The van der Waals surface area contributed by atoms with E-state index in [1.165, 1.54) is 0 Å². The molecule has 1 fully saturated rings. The van der Waals surface area contributed by atoms with Gasteiger partial charge >= 0.3 is 0 Å². The van der Waals surface area contributed by atoms with Gasteiger partial charge in [0.15, 0.2) is 0 Å². The number of hydrogen-bond donors (Lipinski definition) is 0. The van der Waals surface area contributed by atoms with Crippen LogP contribution in [0.5, 0.6) is 5.75 Å². The Bertz CT molecular complexity index is 634. The summed E-state index contributed by atoms with van der Waals surface area (Å²) >= 11 is 3.87. The molecule has 1 heterocycles. The number of thiophene rings is 1. The van der Waals surface area contributed by atoms with Crippen LogP contribution in [0.3, 0.4) is 0 Å². The van der Waals surface area contributed by atoms with Crippen LogP contribution in [-0.4, -0.2) is 24.0 Å². The third-order valence-corrected chi connectivity index (χ3v) is 5.36. The second-order valence-corrected chi connectivity index (χ2v) is 7.96. The lowest BCUT2D eigenvalue weighted by atomic mass is 10.2. The van der Waals surface area contributed by atoms with Gasteiger partial charge in [-0.1, -0.05) is 12.1 Å². The molecule has 1 amide bonds. The van der Waals surface area contributed by atoms with Crippen molar-refractivity contribution in [3.05, 3.63) is 49.7 Å². The monoisotopic (exact) mass is 413 g/mol. The average molecular weight is 413 g/mol. The van der Waals surface area contributed by atoms with E-state index in [4.69, 9.17) is 4.74 Å². The number of ether oxygens (including phenoxy) is 1. The minimum Gasteiger partial charge on any atom is -0.497 e. The van der Waals surface area contributed by atoms with Gasteiger partial charge < -0.3 is 9.64 Å². The maximum absolute atomic E-state index is 12.7. The van der Waals surface area contributed by atoms with Crippen LogP contribution < -0.4 is 4.74 Å². The molecule has 3 rings (SSSR count). The minimum absolute atomic E-state index is 0.146. The highest BCUT2D eigenvalue weighted by Gasteiger charge is 2.33. The fourth-order valence-electron chi connectivity index (χ4n) is 2.27. The highest BCUT2D eigenvalue weighted by Crippen LogP contribution is 2.31. The molecule has 110 valence electrons. The predicted octanol–water partition coefficient (Wildman–Crippen LogP) is 4.17. The summed E-state index contributed by atoms with van der Waals surface area (Å²) in [6.45, 7) is 0.667. The number of carbonyl (C=O) groups is 1. The highest BCUT2D eigenvalue weighted by atomic mass is 127. The molecule has 21 heavy (non-hydrogen) atoms. The molecule has 1 aliphatic rings. The quantitative estimate of drug-likeness (QED) is 0.689. The Morgan fingerprint density at radius 1 is 1.38 bits per heavy atom. The first-order valence-corrected chi connectivity index (χ1v) is 8.81. The molecule has 2 aromatic rings. The van der Waals surface area contributed by atoms with Crippen LogP contribution in [0.2, 0.25) is 0 Å². The minimum atomic E-state index is 0.146. The summed E-state index contributed by atoms with van der Waals surface area (Å²) in [6.07, 6.45) is 2.23. The fourth-order valence-corrected chi connectivity index (χ4v) is 3.59. The van der Waals surface area contributed by atoms with Gasteiger partial charge in [-0.2, -0.15) is 0 Å². The molecule has 0 unspecified atom stereocenters. The van der Waals surface area contributed by atoms with Crippen molar-refractivity contribution in [1.29, 1.82) is 0 Å². The van der Waals surface area contributed by atoms with Crippen molar-refractivity contribution in [2.24, 2.45) is 0 Å². The molecule has 1 aromatic heterocycles. The summed E-state index contributed by atoms with van der Waals surface area (Å²) in [6, 6.07) is 10.3. The summed E-state index contributed by atoms with van der Waals surface area (Å²) in [5, 5.41) is 1.95. The van der Waals surface area contributed by atoms with Crippen molar-refractivity contribution < 1.29 is 9.53 Å². The van der Waals surface area contributed by atoms with Crippen LogP contribution in [0, 0.1) is 2.88 Å². The standard InChI is InChI=1S/C16H16INO2S/c1-20-14-6-2-11(3-7-14)9-18(13-4-5-13)16(19)12-8-15(17)21-10-12/h2-3,6-8,10,13H,4-5,9H2,1H3. The fraction of sp³-hybridized carbons (Fsp3) is 0.312. The largest absolute Gasteiger partial charge is 0.497 e. The first kappa shape index (κ1) is 14.8. The molecule has 1 saturated carbocycles. The van der Waals surface area contributed by atoms with Gasteiger partial charge in [0.1, 0.15) is 5.75 Å². The third kappa shape index (κ3) is 3.58. The molecule has 1 aromatic carbocycles. The van der Waals surface area contributed by atoms with E-state index in [1.807, 2.05) is 40.6 Å². The van der Waals surface area contributed by atoms with Crippen molar-refractivity contribution in [1.82, 2.24) is 4.90 Å². The normalized spacial score (nSPS) is 14.0. The first-order chi connectivity index (χ1) is 10.2. The van der Waals surface area contributed by atoms with E-state index in [0.717, 1.165) is 32.6 Å². The topological polar surface area (TPSA) is 29.5 Å². The van der Waals surface area contributed by atoms with E-state index in [1.54, 1.807) is 18.4 Å². The molecule has 3 nitrogen and oxygen atoms in total. The molecule has 0 saturated heterocycles. The maximum Gasteiger partial charge on any atom is 0.255 e. The van der Waals surface area contributed by atoms with Crippen LogP contribution in [0.25, 0.3) is 0 Å². The van der Waals surface area contributed by atoms with Crippen LogP contribution in [0.1, 0.15) is 28.8 Å². The van der Waals surface area contributed by atoms with Crippen LogP contribution in [-0.2, 0) is 6.54 Å². The summed E-state index contributed by atoms with van der Waals surface area (Å²) in [5.74, 6) is 0.989. The van der Waals surface area contributed by atoms with Crippen molar-refractivity contribution >= 4 is 39.8 Å². The zero-order valence-corrected chi connectivity index (χ0v) is 14.7. The SMILES string of the molecule is COc1ccc(CN(C(=O)c2csc(I)c2)C2CC2)cc1. The van der Waals surface area contributed by atoms with Gasteiger partial charge in [0, 0.05) is 18.0 Å². The van der Waals surface area contributed by atoms with Crippen molar-refractivity contribution in [2.45, 2.75) is 25.4 Å². The highest BCUT2D eigenvalue weighted by molar-refractivity contribution is 14.1. The Hall–Kier alpha value is -1.08. The van der Waals surface area contributed by atoms with Gasteiger partial charge in [-0.3, -0.25) is 4.79 Å². The van der Waals surface area contributed by atoms with E-state index in [2.05, 4.69) is 22.6 Å². The Labute approximate surface area is 142 Å². The van der Waals surface area contributed by atoms with E-state index in [9.17, 15) is 4.79 Å². The zero-order valence-electron chi connectivity index (χ0n) is 11.7. The molecule has 0 bridgehead atoms. The van der Waals surface area contributed by atoms with Gasteiger partial charge in [0.2, 0.25) is 0 Å². The number of methoxy groups -OCH3 is 1. The van der Waals surface area contributed by atoms with Gasteiger partial charge in [-0.15, -0.1) is 11.3 Å². The predicted molar refractivity (Wildman–Crippen MR) is 92.9 cm³/mol. The summed E-state index contributed by atoms with van der Waals surface area (Å²) < 4.78 is 6.32. The molecule has 0 radical (unpaired) electrons. The number of hydrogen-bond acceptors (Lipinski definition) is 3. The molecule has 0 N–H and O–H groups in total. The van der Waals surface area contributed by atoms with Crippen molar-refractivity contribution in [3.8, 4) is 5.75 Å². The van der Waals surface area contributed by atoms with E-state index >= 15 is 0 Å². The zero-order chi connectivity index (χ0) is 14.8. The molecule has 1 aliphatic carbocycles. The van der Waals surface area contributed by atoms with Crippen LogP contribution in [0.15, 0.2) is 35.7 Å². The Kier molecular flexibility index (Phi) is 4.49.